The van der Waals surface area contributed by atoms with Crippen molar-refractivity contribution in [2.75, 3.05) is 11.9 Å². The van der Waals surface area contributed by atoms with Crippen LogP contribution in [0.4, 0.5) is 5.82 Å². The van der Waals surface area contributed by atoms with E-state index in [2.05, 4.69) is 36.3 Å². The first-order valence-electron chi connectivity index (χ1n) is 7.35. The molecule has 6 heteroatoms. The van der Waals surface area contributed by atoms with E-state index in [1.54, 1.807) is 18.2 Å². The maximum Gasteiger partial charge on any atom is 0.338 e. The second kappa shape index (κ2) is 6.64. The molecule has 0 bridgehead atoms. The van der Waals surface area contributed by atoms with Crippen LogP contribution in [0.3, 0.4) is 0 Å². The molecular formula is C17H21N3O3. The van der Waals surface area contributed by atoms with E-state index in [1.807, 2.05) is 19.1 Å². The molecule has 0 spiro atoms. The van der Waals surface area contributed by atoms with Crippen molar-refractivity contribution in [3.8, 4) is 0 Å². The fourth-order valence-corrected chi connectivity index (χ4v) is 1.98. The van der Waals surface area contributed by atoms with E-state index in [9.17, 15) is 9.59 Å². The number of rotatable bonds is 4. The Morgan fingerprint density at radius 3 is 2.39 bits per heavy atom. The van der Waals surface area contributed by atoms with Crippen LogP contribution in [0, 0.1) is 6.92 Å². The van der Waals surface area contributed by atoms with E-state index in [1.165, 1.54) is 0 Å². The lowest BCUT2D eigenvalue weighted by atomic mass is 9.87. The van der Waals surface area contributed by atoms with Crippen molar-refractivity contribution in [3.63, 3.8) is 0 Å². The number of anilines is 1. The highest BCUT2D eigenvalue weighted by atomic mass is 16.5. The zero-order valence-corrected chi connectivity index (χ0v) is 13.8. The lowest BCUT2D eigenvalue weighted by Gasteiger charge is -2.18. The molecular weight excluding hydrogens is 294 g/mol. The summed E-state index contributed by atoms with van der Waals surface area (Å²) < 4.78 is 5.01. The number of benzene rings is 1. The van der Waals surface area contributed by atoms with Crippen LogP contribution in [0.2, 0.25) is 0 Å². The summed E-state index contributed by atoms with van der Waals surface area (Å²) in [5.74, 6) is -0.562. The standard InChI is InChI=1S/C17H21N3O3/c1-11-9-14(20-19-11)18-15(21)10-23-16(22)12-5-7-13(8-6-12)17(2,3)4/h5-9H,10H2,1-4H3,(H2,18,19,20,21). The molecule has 0 aliphatic rings. The summed E-state index contributed by atoms with van der Waals surface area (Å²) in [6.45, 7) is 7.76. The number of ether oxygens (including phenoxy) is 1. The third kappa shape index (κ3) is 4.67. The smallest absolute Gasteiger partial charge is 0.338 e. The van der Waals surface area contributed by atoms with Gasteiger partial charge in [-0.3, -0.25) is 9.89 Å². The third-order valence-corrected chi connectivity index (χ3v) is 3.29. The van der Waals surface area contributed by atoms with Crippen LogP contribution in [0.25, 0.3) is 0 Å². The predicted octanol–water partition coefficient (Wildman–Crippen LogP) is 2.81. The van der Waals surface area contributed by atoms with E-state index < -0.39 is 11.9 Å². The summed E-state index contributed by atoms with van der Waals surface area (Å²) in [4.78, 5) is 23.6. The number of nitrogens with zero attached hydrogens (tertiary/aromatic N) is 1. The molecule has 122 valence electrons. The molecule has 0 aliphatic carbocycles. The largest absolute Gasteiger partial charge is 0.452 e. The highest BCUT2D eigenvalue weighted by Crippen LogP contribution is 2.22. The Bertz CT molecular complexity index is 697. The fourth-order valence-electron chi connectivity index (χ4n) is 1.98. The van der Waals surface area contributed by atoms with Crippen molar-refractivity contribution in [2.45, 2.75) is 33.1 Å². The Kier molecular flexibility index (Phi) is 4.83. The van der Waals surface area contributed by atoms with E-state index in [4.69, 9.17) is 4.74 Å². The van der Waals surface area contributed by atoms with Gasteiger partial charge in [-0.05, 0) is 30.0 Å². The van der Waals surface area contributed by atoms with Crippen molar-refractivity contribution in [1.29, 1.82) is 0 Å². The maximum absolute atomic E-state index is 11.9. The molecule has 2 aromatic rings. The second-order valence-electron chi connectivity index (χ2n) is 6.39. The Labute approximate surface area is 135 Å². The van der Waals surface area contributed by atoms with Gasteiger partial charge in [0.05, 0.1) is 5.56 Å². The Balaban J connectivity index is 1.88. The molecule has 2 rings (SSSR count). The van der Waals surface area contributed by atoms with Gasteiger partial charge in [0, 0.05) is 11.8 Å². The van der Waals surface area contributed by atoms with Crippen molar-refractivity contribution in [1.82, 2.24) is 10.2 Å². The second-order valence-corrected chi connectivity index (χ2v) is 6.39. The highest BCUT2D eigenvalue weighted by molar-refractivity contribution is 5.95. The minimum Gasteiger partial charge on any atom is -0.452 e. The molecule has 0 radical (unpaired) electrons. The van der Waals surface area contributed by atoms with E-state index in [0.29, 0.717) is 11.4 Å². The summed E-state index contributed by atoms with van der Waals surface area (Å²) in [6, 6.07) is 8.88. The molecule has 0 unspecified atom stereocenters. The average molecular weight is 315 g/mol. The van der Waals surface area contributed by atoms with Crippen LogP contribution in [-0.4, -0.2) is 28.7 Å². The first-order chi connectivity index (χ1) is 10.8. The number of amides is 1. The maximum atomic E-state index is 11.9. The van der Waals surface area contributed by atoms with Gasteiger partial charge in [0.25, 0.3) is 5.91 Å². The minimum atomic E-state index is -0.529. The first kappa shape index (κ1) is 16.7. The van der Waals surface area contributed by atoms with Gasteiger partial charge in [0.15, 0.2) is 12.4 Å². The highest BCUT2D eigenvalue weighted by Gasteiger charge is 2.15. The van der Waals surface area contributed by atoms with E-state index in [-0.39, 0.29) is 12.0 Å². The van der Waals surface area contributed by atoms with E-state index >= 15 is 0 Å². The van der Waals surface area contributed by atoms with Crippen LogP contribution < -0.4 is 5.32 Å². The molecule has 0 saturated heterocycles. The molecule has 1 heterocycles. The number of hydrogen-bond acceptors (Lipinski definition) is 4. The number of carbonyl (C=O) groups is 2. The van der Waals surface area contributed by atoms with Gasteiger partial charge in [-0.1, -0.05) is 32.9 Å². The zero-order valence-electron chi connectivity index (χ0n) is 13.8. The quantitative estimate of drug-likeness (QED) is 0.850. The van der Waals surface area contributed by atoms with Gasteiger partial charge in [0.2, 0.25) is 0 Å². The number of aromatic amines is 1. The van der Waals surface area contributed by atoms with Gasteiger partial charge in [-0.15, -0.1) is 0 Å². The molecule has 0 atom stereocenters. The number of aryl methyl sites for hydroxylation is 1. The summed E-state index contributed by atoms with van der Waals surface area (Å²) in [7, 11) is 0. The van der Waals surface area contributed by atoms with Crippen molar-refractivity contribution in [3.05, 3.63) is 47.2 Å². The van der Waals surface area contributed by atoms with Gasteiger partial charge in [-0.25, -0.2) is 4.79 Å². The van der Waals surface area contributed by atoms with Crippen LogP contribution >= 0.6 is 0 Å². The van der Waals surface area contributed by atoms with Gasteiger partial charge < -0.3 is 10.1 Å². The third-order valence-electron chi connectivity index (χ3n) is 3.29. The van der Waals surface area contributed by atoms with Crippen LogP contribution in [0.5, 0.6) is 0 Å². The number of aromatic nitrogens is 2. The normalized spacial score (nSPS) is 11.1. The summed E-state index contributed by atoms with van der Waals surface area (Å²) in [5, 5.41) is 9.13. The molecule has 23 heavy (non-hydrogen) atoms. The summed E-state index contributed by atoms with van der Waals surface area (Å²) >= 11 is 0. The molecule has 1 aromatic carbocycles. The Hall–Kier alpha value is -2.63. The number of esters is 1. The lowest BCUT2D eigenvalue weighted by molar-refractivity contribution is -0.119. The SMILES string of the molecule is Cc1cc(NC(=O)COC(=O)c2ccc(C(C)(C)C)cc2)n[nH]1. The number of carbonyl (C=O) groups excluding carboxylic acids is 2. The Morgan fingerprint density at radius 1 is 1.22 bits per heavy atom. The van der Waals surface area contributed by atoms with Crippen LogP contribution in [-0.2, 0) is 14.9 Å². The fraction of sp³-hybridized carbons (Fsp3) is 0.353. The summed E-state index contributed by atoms with van der Waals surface area (Å²) in [5.41, 5.74) is 2.39. The lowest BCUT2D eigenvalue weighted by Crippen LogP contribution is -2.21. The molecule has 1 amide bonds. The van der Waals surface area contributed by atoms with E-state index in [0.717, 1.165) is 11.3 Å². The first-order valence-corrected chi connectivity index (χ1v) is 7.35. The van der Waals surface area contributed by atoms with Crippen LogP contribution in [0.1, 0.15) is 42.4 Å². The predicted molar refractivity (Wildman–Crippen MR) is 87.4 cm³/mol. The topological polar surface area (TPSA) is 84.1 Å². The molecule has 0 fully saturated rings. The van der Waals surface area contributed by atoms with Gasteiger partial charge >= 0.3 is 5.97 Å². The monoisotopic (exact) mass is 315 g/mol. The van der Waals surface area contributed by atoms with Gasteiger partial charge in [-0.2, -0.15) is 5.10 Å². The van der Waals surface area contributed by atoms with Crippen molar-refractivity contribution >= 4 is 17.7 Å². The summed E-state index contributed by atoms with van der Waals surface area (Å²) in [6.07, 6.45) is 0. The molecule has 6 nitrogen and oxygen atoms in total. The number of hydrogen-bond donors (Lipinski definition) is 2. The minimum absolute atomic E-state index is 0.0179. The molecule has 0 aliphatic heterocycles. The van der Waals surface area contributed by atoms with Crippen molar-refractivity contribution in [2.24, 2.45) is 0 Å². The van der Waals surface area contributed by atoms with Crippen LogP contribution in [0.15, 0.2) is 30.3 Å². The average Bonchev–Trinajstić information content (AvgIpc) is 2.89. The Morgan fingerprint density at radius 2 is 1.87 bits per heavy atom. The zero-order chi connectivity index (χ0) is 17.0. The molecule has 0 saturated carbocycles. The molecule has 2 N–H and O–H groups in total. The van der Waals surface area contributed by atoms with Gasteiger partial charge in [0.1, 0.15) is 0 Å². The number of H-pyrrole nitrogens is 1. The van der Waals surface area contributed by atoms with Crippen molar-refractivity contribution < 1.29 is 14.3 Å². The number of nitrogens with one attached hydrogen (secondary N) is 2. The molecule has 1 aromatic heterocycles.